The highest BCUT2D eigenvalue weighted by atomic mass is 35.5. The molecule has 0 saturated carbocycles. The fourth-order valence-electron chi connectivity index (χ4n) is 3.66. The van der Waals surface area contributed by atoms with Crippen LogP contribution in [-0.4, -0.2) is 49.4 Å². The van der Waals surface area contributed by atoms with Crippen LogP contribution in [0.5, 0.6) is 5.88 Å². The van der Waals surface area contributed by atoms with Crippen LogP contribution >= 0.6 is 11.6 Å². The molecule has 3 heterocycles. The molecule has 0 saturated heterocycles. The van der Waals surface area contributed by atoms with Gasteiger partial charge in [0.25, 0.3) is 5.91 Å². The van der Waals surface area contributed by atoms with E-state index < -0.39 is 12.0 Å². The Bertz CT molecular complexity index is 1330. The van der Waals surface area contributed by atoms with E-state index in [1.165, 1.54) is 13.4 Å². The molecule has 5 N–H and O–H groups in total. The number of rotatable bonds is 8. The maximum Gasteiger partial charge on any atom is 0.256 e. The number of methoxy groups -OCH3 is 1. The molecule has 176 valence electrons. The van der Waals surface area contributed by atoms with Gasteiger partial charge in [0.1, 0.15) is 17.4 Å². The van der Waals surface area contributed by atoms with E-state index >= 15 is 0 Å². The number of nitrogen functional groups attached to an aromatic ring is 1. The van der Waals surface area contributed by atoms with Gasteiger partial charge in [0, 0.05) is 28.9 Å². The molecule has 4 aromatic rings. The van der Waals surface area contributed by atoms with Crippen LogP contribution in [0.15, 0.2) is 48.9 Å². The van der Waals surface area contributed by atoms with E-state index in [1.54, 1.807) is 47.1 Å². The van der Waals surface area contributed by atoms with Gasteiger partial charge in [-0.25, -0.2) is 14.5 Å². The van der Waals surface area contributed by atoms with Crippen LogP contribution in [0.25, 0.3) is 16.8 Å². The molecule has 0 aliphatic rings. The molecule has 0 spiro atoms. The summed E-state index contributed by atoms with van der Waals surface area (Å²) in [6.07, 6.45) is 2.41. The minimum Gasteiger partial charge on any atom is -0.480 e. The van der Waals surface area contributed by atoms with Crippen LogP contribution in [0.1, 0.15) is 34.0 Å². The Morgan fingerprint density at radius 1 is 1.26 bits per heavy atom. The molecular weight excluding hydrogens is 460 g/mol. The lowest BCUT2D eigenvalue weighted by atomic mass is 10.1. The number of aromatic nitrogens is 4. The SMILES string of the molecule is COc1ncc(-c2cc(CO)c3c(N)ncnn23)cc1C(=O)NCC[C@H](O)c1ccc(Cl)cc1. The Morgan fingerprint density at radius 2 is 2.03 bits per heavy atom. The van der Waals surface area contributed by atoms with Gasteiger partial charge < -0.3 is 26.0 Å². The average Bonchev–Trinajstić information content (AvgIpc) is 3.24. The van der Waals surface area contributed by atoms with Gasteiger partial charge in [0.15, 0.2) is 5.82 Å². The summed E-state index contributed by atoms with van der Waals surface area (Å²) < 4.78 is 6.82. The normalized spacial score (nSPS) is 12.0. The summed E-state index contributed by atoms with van der Waals surface area (Å²) in [5, 5.41) is 27.7. The van der Waals surface area contributed by atoms with Gasteiger partial charge in [-0.2, -0.15) is 5.10 Å². The van der Waals surface area contributed by atoms with Crippen molar-refractivity contribution >= 4 is 28.8 Å². The third-order valence-corrected chi connectivity index (χ3v) is 5.63. The first kappa shape index (κ1) is 23.4. The molecule has 1 aromatic carbocycles. The Morgan fingerprint density at radius 3 is 2.74 bits per heavy atom. The number of hydrogen-bond donors (Lipinski definition) is 4. The molecule has 34 heavy (non-hydrogen) atoms. The van der Waals surface area contributed by atoms with Gasteiger partial charge in [-0.15, -0.1) is 0 Å². The Kier molecular flexibility index (Phi) is 6.92. The van der Waals surface area contributed by atoms with Gasteiger partial charge in [-0.1, -0.05) is 23.7 Å². The van der Waals surface area contributed by atoms with Crippen molar-refractivity contribution in [2.24, 2.45) is 0 Å². The molecule has 1 atom stereocenters. The van der Waals surface area contributed by atoms with E-state index in [9.17, 15) is 15.0 Å². The highest BCUT2D eigenvalue weighted by Gasteiger charge is 2.19. The number of anilines is 1. The Labute approximate surface area is 200 Å². The minimum absolute atomic E-state index is 0.150. The van der Waals surface area contributed by atoms with Crippen LogP contribution in [-0.2, 0) is 6.61 Å². The lowest BCUT2D eigenvalue weighted by Gasteiger charge is -2.13. The highest BCUT2D eigenvalue weighted by Crippen LogP contribution is 2.30. The van der Waals surface area contributed by atoms with Crippen LogP contribution < -0.4 is 15.8 Å². The van der Waals surface area contributed by atoms with Crippen LogP contribution in [0, 0.1) is 0 Å². The molecule has 0 aliphatic carbocycles. The van der Waals surface area contributed by atoms with E-state index in [2.05, 4.69) is 20.4 Å². The molecule has 11 heteroatoms. The van der Waals surface area contributed by atoms with Crippen molar-refractivity contribution in [1.29, 1.82) is 0 Å². The topological polar surface area (TPSA) is 148 Å². The number of ether oxygens (including phenoxy) is 1. The first-order chi connectivity index (χ1) is 16.4. The van der Waals surface area contributed by atoms with Gasteiger partial charge in [0.05, 0.1) is 25.5 Å². The van der Waals surface area contributed by atoms with E-state index in [-0.39, 0.29) is 30.4 Å². The van der Waals surface area contributed by atoms with Gasteiger partial charge in [-0.05, 0) is 36.2 Å². The fourth-order valence-corrected chi connectivity index (χ4v) is 3.78. The lowest BCUT2D eigenvalue weighted by molar-refractivity contribution is 0.0939. The van der Waals surface area contributed by atoms with E-state index in [0.717, 1.165) is 0 Å². The third kappa shape index (κ3) is 4.65. The lowest BCUT2D eigenvalue weighted by Crippen LogP contribution is -2.26. The largest absolute Gasteiger partial charge is 0.480 e. The molecule has 1 amide bonds. The molecule has 3 aromatic heterocycles. The van der Waals surface area contributed by atoms with Crippen molar-refractivity contribution in [3.8, 4) is 17.1 Å². The first-order valence-electron chi connectivity index (χ1n) is 10.4. The number of halogens is 1. The zero-order valence-corrected chi connectivity index (χ0v) is 19.0. The molecular formula is C23H23ClN6O4. The van der Waals surface area contributed by atoms with Crippen molar-refractivity contribution < 1.29 is 19.7 Å². The number of nitrogens with zero attached hydrogens (tertiary/aromatic N) is 4. The third-order valence-electron chi connectivity index (χ3n) is 5.37. The number of nitrogens with two attached hydrogens (primary N) is 1. The second-order valence-corrected chi connectivity index (χ2v) is 7.95. The summed E-state index contributed by atoms with van der Waals surface area (Å²) in [5.74, 6) is -0.0345. The van der Waals surface area contributed by atoms with Crippen molar-refractivity contribution in [2.75, 3.05) is 19.4 Å². The number of carbonyl (C=O) groups excluding carboxylic acids is 1. The zero-order valence-electron chi connectivity index (χ0n) is 18.3. The molecule has 10 nitrogen and oxygen atoms in total. The maximum absolute atomic E-state index is 12.9. The summed E-state index contributed by atoms with van der Waals surface area (Å²) in [7, 11) is 1.42. The van der Waals surface area contributed by atoms with E-state index in [0.29, 0.717) is 39.3 Å². The van der Waals surface area contributed by atoms with Crippen molar-refractivity contribution in [3.63, 3.8) is 0 Å². The second-order valence-electron chi connectivity index (χ2n) is 7.51. The number of benzene rings is 1. The number of hydrogen-bond acceptors (Lipinski definition) is 8. The number of nitrogens with one attached hydrogen (secondary N) is 1. The van der Waals surface area contributed by atoms with Gasteiger partial charge >= 0.3 is 0 Å². The standard InChI is InChI=1S/C23H23ClN6O4/c1-34-23-17(22(33)26-7-6-19(32)13-2-4-16(24)5-3-13)8-14(10-27-23)18-9-15(11-31)20-21(25)28-12-29-30(18)20/h2-5,8-10,12,19,31-32H,6-7,11H2,1H3,(H,26,33)(H2,25,28,29)/t19-/m0/s1. The fraction of sp³-hybridized carbons (Fsp3) is 0.217. The van der Waals surface area contributed by atoms with Crippen molar-refractivity contribution in [3.05, 3.63) is 70.6 Å². The molecule has 0 unspecified atom stereocenters. The molecule has 0 fully saturated rings. The Hall–Kier alpha value is -3.73. The number of aliphatic hydroxyl groups is 2. The molecule has 0 bridgehead atoms. The maximum atomic E-state index is 12.9. The first-order valence-corrected chi connectivity index (χ1v) is 10.8. The quantitative estimate of drug-likeness (QED) is 0.299. The van der Waals surface area contributed by atoms with Crippen LogP contribution in [0.4, 0.5) is 5.82 Å². The number of aliphatic hydroxyl groups excluding tert-OH is 2. The molecule has 0 radical (unpaired) electrons. The van der Waals surface area contributed by atoms with Gasteiger partial charge in [-0.3, -0.25) is 4.79 Å². The van der Waals surface area contributed by atoms with E-state index in [1.807, 2.05) is 0 Å². The monoisotopic (exact) mass is 482 g/mol. The summed E-state index contributed by atoms with van der Waals surface area (Å²) >= 11 is 5.88. The summed E-state index contributed by atoms with van der Waals surface area (Å²) in [5.41, 5.74) is 9.07. The number of pyridine rings is 1. The summed E-state index contributed by atoms with van der Waals surface area (Å²) in [4.78, 5) is 21.2. The minimum atomic E-state index is -0.752. The second kappa shape index (κ2) is 10.0. The number of fused-ring (bicyclic) bond motifs is 1. The van der Waals surface area contributed by atoms with Crippen molar-refractivity contribution in [2.45, 2.75) is 19.1 Å². The summed E-state index contributed by atoms with van der Waals surface area (Å²) in [6, 6.07) is 10.2. The predicted molar refractivity (Wildman–Crippen MR) is 126 cm³/mol. The Balaban J connectivity index is 1.56. The average molecular weight is 483 g/mol. The highest BCUT2D eigenvalue weighted by molar-refractivity contribution is 6.30. The number of amides is 1. The van der Waals surface area contributed by atoms with Crippen LogP contribution in [0.3, 0.4) is 0 Å². The zero-order chi connectivity index (χ0) is 24.2. The molecule has 4 rings (SSSR count). The number of carbonyl (C=O) groups is 1. The van der Waals surface area contributed by atoms with Crippen LogP contribution in [0.2, 0.25) is 5.02 Å². The van der Waals surface area contributed by atoms with E-state index in [4.69, 9.17) is 22.1 Å². The van der Waals surface area contributed by atoms with Crippen molar-refractivity contribution in [1.82, 2.24) is 24.9 Å². The molecule has 0 aliphatic heterocycles. The predicted octanol–water partition coefficient (Wildman–Crippen LogP) is 2.38. The smallest absolute Gasteiger partial charge is 0.256 e. The summed E-state index contributed by atoms with van der Waals surface area (Å²) in [6.45, 7) is -0.0313. The van der Waals surface area contributed by atoms with Gasteiger partial charge in [0.2, 0.25) is 5.88 Å².